The molecule has 0 aromatic heterocycles. The highest BCUT2D eigenvalue weighted by Crippen LogP contribution is 2.16. The smallest absolute Gasteiger partial charge is 0.410 e. The Morgan fingerprint density at radius 2 is 1.75 bits per heavy atom. The van der Waals surface area contributed by atoms with Crippen LogP contribution in [0.25, 0.3) is 0 Å². The van der Waals surface area contributed by atoms with E-state index in [9.17, 15) is 18.0 Å². The molecule has 1 unspecified atom stereocenters. The number of carbonyl (C=O) groups excluding carboxylic acids is 2. The molecule has 9 heteroatoms. The summed E-state index contributed by atoms with van der Waals surface area (Å²) in [5.74, 6) is 0.0948. The van der Waals surface area contributed by atoms with Gasteiger partial charge in [-0.1, -0.05) is 19.1 Å². The number of hydrogen-bond acceptors (Lipinski definition) is 6. The van der Waals surface area contributed by atoms with Crippen LogP contribution in [0, 0.1) is 0 Å². The molecule has 1 saturated heterocycles. The molecule has 1 aromatic carbocycles. The number of benzene rings is 1. The van der Waals surface area contributed by atoms with Crippen molar-refractivity contribution < 1.29 is 22.7 Å². The molecule has 0 radical (unpaired) electrons. The summed E-state index contributed by atoms with van der Waals surface area (Å²) < 4.78 is 28.9. The van der Waals surface area contributed by atoms with Gasteiger partial charge in [-0.15, -0.1) is 0 Å². The molecular formula is C27H45N3O5S. The van der Waals surface area contributed by atoms with Gasteiger partial charge in [0.25, 0.3) is 0 Å². The van der Waals surface area contributed by atoms with Crippen molar-refractivity contribution in [1.29, 1.82) is 0 Å². The second-order valence-electron chi connectivity index (χ2n) is 10.8. The van der Waals surface area contributed by atoms with Crippen LogP contribution in [0.2, 0.25) is 0 Å². The lowest BCUT2D eigenvalue weighted by Crippen LogP contribution is -2.39. The number of sulfone groups is 1. The molecule has 1 aliphatic rings. The van der Waals surface area contributed by atoms with Gasteiger partial charge in [0, 0.05) is 44.9 Å². The van der Waals surface area contributed by atoms with Gasteiger partial charge < -0.3 is 19.4 Å². The number of hydrogen-bond donors (Lipinski definition) is 0. The van der Waals surface area contributed by atoms with E-state index in [1.165, 1.54) is 6.26 Å². The predicted molar refractivity (Wildman–Crippen MR) is 143 cm³/mol. The summed E-state index contributed by atoms with van der Waals surface area (Å²) in [6, 6.07) is 7.51. The topological polar surface area (TPSA) is 87.2 Å². The van der Waals surface area contributed by atoms with Gasteiger partial charge in [0.2, 0.25) is 5.91 Å². The minimum Gasteiger partial charge on any atom is -0.444 e. The van der Waals surface area contributed by atoms with Gasteiger partial charge in [-0.3, -0.25) is 4.79 Å². The lowest BCUT2D eigenvalue weighted by molar-refractivity contribution is -0.130. The first-order valence-electron chi connectivity index (χ1n) is 13.1. The highest BCUT2D eigenvalue weighted by molar-refractivity contribution is 7.90. The van der Waals surface area contributed by atoms with E-state index < -0.39 is 15.4 Å². The average molecular weight is 524 g/mol. The third-order valence-electron chi connectivity index (χ3n) is 6.38. The molecule has 1 atom stereocenters. The Kier molecular flexibility index (Phi) is 11.2. The van der Waals surface area contributed by atoms with Gasteiger partial charge in [0.15, 0.2) is 9.84 Å². The van der Waals surface area contributed by atoms with Crippen LogP contribution in [0.5, 0.6) is 0 Å². The first-order chi connectivity index (χ1) is 16.8. The number of unbranched alkanes of at least 4 members (excludes halogenated alkanes) is 1. The molecule has 0 aliphatic carbocycles. The van der Waals surface area contributed by atoms with E-state index in [2.05, 4.69) is 18.7 Å². The van der Waals surface area contributed by atoms with E-state index in [-0.39, 0.29) is 12.0 Å². The Hall–Kier alpha value is -2.13. The summed E-state index contributed by atoms with van der Waals surface area (Å²) >= 11 is 0. The van der Waals surface area contributed by atoms with Crippen LogP contribution >= 0.6 is 0 Å². The van der Waals surface area contributed by atoms with Crippen molar-refractivity contribution in [3.8, 4) is 0 Å². The number of carbonyl (C=O) groups is 2. The van der Waals surface area contributed by atoms with Gasteiger partial charge in [-0.2, -0.15) is 0 Å². The zero-order chi connectivity index (χ0) is 26.9. The zero-order valence-corrected chi connectivity index (χ0v) is 23.8. The Labute approximate surface area is 217 Å². The van der Waals surface area contributed by atoms with Crippen molar-refractivity contribution in [2.24, 2.45) is 0 Å². The molecule has 0 saturated carbocycles. The molecule has 1 aliphatic heterocycles. The van der Waals surface area contributed by atoms with E-state index in [1.54, 1.807) is 17.0 Å². The van der Waals surface area contributed by atoms with Gasteiger partial charge in [0.05, 0.1) is 4.90 Å². The van der Waals surface area contributed by atoms with E-state index in [4.69, 9.17) is 4.74 Å². The molecule has 1 aromatic rings. The highest BCUT2D eigenvalue weighted by Gasteiger charge is 2.27. The summed E-state index contributed by atoms with van der Waals surface area (Å²) in [4.78, 5) is 31.3. The zero-order valence-electron chi connectivity index (χ0n) is 23.0. The van der Waals surface area contributed by atoms with Crippen LogP contribution in [0.15, 0.2) is 29.2 Å². The van der Waals surface area contributed by atoms with Gasteiger partial charge in [0.1, 0.15) is 5.60 Å². The summed E-state index contributed by atoms with van der Waals surface area (Å²) in [6.07, 6.45) is 5.01. The maximum atomic E-state index is 12.6. The lowest BCUT2D eigenvalue weighted by Gasteiger charge is -2.29. The average Bonchev–Trinajstić information content (AvgIpc) is 2.96. The Morgan fingerprint density at radius 1 is 1.08 bits per heavy atom. The van der Waals surface area contributed by atoms with Gasteiger partial charge >= 0.3 is 6.09 Å². The third kappa shape index (κ3) is 10.1. The molecule has 0 bridgehead atoms. The Morgan fingerprint density at radius 3 is 2.33 bits per heavy atom. The minimum absolute atomic E-state index is 0.0948. The van der Waals surface area contributed by atoms with Crippen molar-refractivity contribution in [1.82, 2.24) is 14.7 Å². The Balaban J connectivity index is 1.82. The molecule has 2 amide bonds. The minimum atomic E-state index is -3.18. The van der Waals surface area contributed by atoms with Crippen LogP contribution in [0.3, 0.4) is 0 Å². The van der Waals surface area contributed by atoms with Crippen LogP contribution in [0.4, 0.5) is 4.79 Å². The van der Waals surface area contributed by atoms with Crippen molar-refractivity contribution in [3.63, 3.8) is 0 Å². The third-order valence-corrected chi connectivity index (χ3v) is 7.51. The van der Waals surface area contributed by atoms with E-state index >= 15 is 0 Å². The molecule has 204 valence electrons. The van der Waals surface area contributed by atoms with E-state index in [0.29, 0.717) is 43.5 Å². The fraction of sp³-hybridized carbons (Fsp3) is 0.704. The standard InChI is InChI=1S/C27H45N3O5S/c1-7-15-28(22(2)21-23-10-12-24(13-11-23)36(6,33)34)16-8-9-17-29-19-20-30(18-14-25(29)31)26(32)35-27(3,4)5/h10-13,22H,7-9,14-21H2,1-6H3. The summed E-state index contributed by atoms with van der Waals surface area (Å²) in [5, 5.41) is 0. The fourth-order valence-corrected chi connectivity index (χ4v) is 5.04. The van der Waals surface area contributed by atoms with Crippen molar-refractivity contribution in [2.45, 2.75) is 83.3 Å². The molecule has 0 N–H and O–H groups in total. The normalized spacial score (nSPS) is 16.2. The number of rotatable bonds is 11. The summed E-state index contributed by atoms with van der Waals surface area (Å²) in [5.41, 5.74) is 0.578. The monoisotopic (exact) mass is 523 g/mol. The maximum absolute atomic E-state index is 12.6. The number of ether oxygens (including phenoxy) is 1. The molecule has 36 heavy (non-hydrogen) atoms. The second-order valence-corrected chi connectivity index (χ2v) is 12.8. The van der Waals surface area contributed by atoms with Crippen molar-refractivity contribution >= 4 is 21.8 Å². The van der Waals surface area contributed by atoms with Crippen LogP contribution < -0.4 is 0 Å². The highest BCUT2D eigenvalue weighted by atomic mass is 32.2. The fourth-order valence-electron chi connectivity index (χ4n) is 4.41. The van der Waals surface area contributed by atoms with Crippen LogP contribution in [-0.4, -0.2) is 92.3 Å². The van der Waals surface area contributed by atoms with Crippen molar-refractivity contribution in [2.75, 3.05) is 45.5 Å². The van der Waals surface area contributed by atoms with Crippen molar-refractivity contribution in [3.05, 3.63) is 29.8 Å². The summed E-state index contributed by atoms with van der Waals surface area (Å²) in [6.45, 7) is 14.0. The second kappa shape index (κ2) is 13.4. The molecular weight excluding hydrogens is 478 g/mol. The number of amides is 2. The lowest BCUT2D eigenvalue weighted by atomic mass is 10.1. The summed E-state index contributed by atoms with van der Waals surface area (Å²) in [7, 11) is -3.18. The van der Waals surface area contributed by atoms with E-state index in [1.807, 2.05) is 37.8 Å². The first kappa shape index (κ1) is 30.1. The molecule has 1 fully saturated rings. The van der Waals surface area contributed by atoms with E-state index in [0.717, 1.165) is 44.3 Å². The molecule has 1 heterocycles. The molecule has 2 rings (SSSR count). The quantitative estimate of drug-likeness (QED) is 0.408. The largest absolute Gasteiger partial charge is 0.444 e. The van der Waals surface area contributed by atoms with Gasteiger partial charge in [-0.05, 0) is 84.2 Å². The SMILES string of the molecule is CCCN(CCCCN1CCN(C(=O)OC(C)(C)C)CCC1=O)C(C)Cc1ccc(S(C)(=O)=O)cc1. The maximum Gasteiger partial charge on any atom is 0.410 e. The first-order valence-corrected chi connectivity index (χ1v) is 15.0. The Bertz CT molecular complexity index is 957. The predicted octanol–water partition coefficient (Wildman–Crippen LogP) is 3.98. The van der Waals surface area contributed by atoms with Crippen LogP contribution in [-0.2, 0) is 25.8 Å². The van der Waals surface area contributed by atoms with Gasteiger partial charge in [-0.25, -0.2) is 13.2 Å². The number of nitrogens with zero attached hydrogens (tertiary/aromatic N) is 3. The molecule has 8 nitrogen and oxygen atoms in total. The molecule has 0 spiro atoms. The van der Waals surface area contributed by atoms with Crippen LogP contribution in [0.1, 0.15) is 65.9 Å².